The van der Waals surface area contributed by atoms with Gasteiger partial charge in [-0.05, 0) is 43.7 Å². The van der Waals surface area contributed by atoms with E-state index in [0.717, 1.165) is 22.9 Å². The lowest BCUT2D eigenvalue weighted by Crippen LogP contribution is -2.12. The Morgan fingerprint density at radius 1 is 1.20 bits per heavy atom. The number of hydrogen-bond acceptors (Lipinski definition) is 2. The van der Waals surface area contributed by atoms with Crippen molar-refractivity contribution in [3.8, 4) is 0 Å². The predicted octanol–water partition coefficient (Wildman–Crippen LogP) is 3.97. The Labute approximate surface area is 126 Å². The van der Waals surface area contributed by atoms with Crippen LogP contribution in [0.2, 0.25) is 5.02 Å². The fourth-order valence-corrected chi connectivity index (χ4v) is 2.51. The predicted molar refractivity (Wildman–Crippen MR) is 88.0 cm³/mol. The summed E-state index contributed by atoms with van der Waals surface area (Å²) in [6, 6.07) is 8.15. The highest BCUT2D eigenvalue weighted by Crippen LogP contribution is 2.28. The first-order valence-corrected chi connectivity index (χ1v) is 7.10. The number of nitrogens with zero attached hydrogens (tertiary/aromatic N) is 2. The molecule has 0 spiro atoms. The molecular weight excluding hydrogens is 270 g/mol. The zero-order valence-corrected chi connectivity index (χ0v) is 13.5. The minimum Gasteiger partial charge on any atom is -0.379 e. The maximum absolute atomic E-state index is 6.10. The first kappa shape index (κ1) is 14.8. The first-order chi connectivity index (χ1) is 9.40. The van der Waals surface area contributed by atoms with Crippen molar-refractivity contribution in [3.05, 3.63) is 46.2 Å². The Bertz CT molecular complexity index is 614. The third-order valence-corrected chi connectivity index (χ3v) is 4.02. The highest BCUT2D eigenvalue weighted by Gasteiger charge is 2.08. The number of hydrogen-bond donors (Lipinski definition) is 1. The lowest BCUT2D eigenvalue weighted by Gasteiger charge is -2.19. The molecule has 1 aromatic heterocycles. The average Bonchev–Trinajstić information content (AvgIpc) is 2.63. The van der Waals surface area contributed by atoms with Crippen molar-refractivity contribution in [3.63, 3.8) is 0 Å². The van der Waals surface area contributed by atoms with Crippen molar-refractivity contribution in [2.45, 2.75) is 20.4 Å². The molecule has 2 rings (SSSR count). The van der Waals surface area contributed by atoms with Crippen LogP contribution in [-0.4, -0.2) is 18.7 Å². The number of benzene rings is 1. The lowest BCUT2D eigenvalue weighted by atomic mass is 10.2. The van der Waals surface area contributed by atoms with Gasteiger partial charge in [0.1, 0.15) is 0 Å². The second kappa shape index (κ2) is 5.80. The van der Waals surface area contributed by atoms with Crippen LogP contribution in [0.4, 0.5) is 11.4 Å². The van der Waals surface area contributed by atoms with E-state index in [-0.39, 0.29) is 0 Å². The Morgan fingerprint density at radius 3 is 2.45 bits per heavy atom. The number of anilines is 2. The van der Waals surface area contributed by atoms with E-state index in [0.29, 0.717) is 0 Å². The van der Waals surface area contributed by atoms with E-state index >= 15 is 0 Å². The monoisotopic (exact) mass is 291 g/mol. The third kappa shape index (κ3) is 2.93. The van der Waals surface area contributed by atoms with Gasteiger partial charge in [-0.1, -0.05) is 11.6 Å². The van der Waals surface area contributed by atoms with Crippen LogP contribution >= 0.6 is 11.6 Å². The molecule has 0 fully saturated rings. The van der Waals surface area contributed by atoms with Gasteiger partial charge in [0.05, 0.1) is 11.4 Å². The zero-order chi connectivity index (χ0) is 14.9. The Kier molecular flexibility index (Phi) is 4.29. The molecule has 1 aromatic carbocycles. The summed E-state index contributed by atoms with van der Waals surface area (Å²) in [6.07, 6.45) is 0. The van der Waals surface area contributed by atoms with Crippen LogP contribution in [0.5, 0.6) is 0 Å². The second-order valence-corrected chi connectivity index (χ2v) is 5.80. The van der Waals surface area contributed by atoms with Gasteiger partial charge >= 0.3 is 0 Å². The van der Waals surface area contributed by atoms with Crippen LogP contribution in [0, 0.1) is 13.8 Å². The molecule has 0 saturated carbocycles. The van der Waals surface area contributed by atoms with Crippen LogP contribution in [0.25, 0.3) is 0 Å². The van der Waals surface area contributed by atoms with Gasteiger partial charge in [-0.15, -0.1) is 0 Å². The lowest BCUT2D eigenvalue weighted by molar-refractivity contribution is 0.837. The highest BCUT2D eigenvalue weighted by molar-refractivity contribution is 6.31. The molecule has 0 amide bonds. The van der Waals surface area contributed by atoms with Crippen molar-refractivity contribution in [1.29, 1.82) is 0 Å². The van der Waals surface area contributed by atoms with Gasteiger partial charge in [0.25, 0.3) is 0 Å². The smallest absolute Gasteiger partial charge is 0.0597 e. The number of nitrogens with one attached hydrogen (secondary N) is 1. The molecule has 20 heavy (non-hydrogen) atoms. The summed E-state index contributed by atoms with van der Waals surface area (Å²) in [6.45, 7) is 5.07. The van der Waals surface area contributed by atoms with Crippen LogP contribution < -0.4 is 10.2 Å². The molecular formula is C16H22ClN3. The topological polar surface area (TPSA) is 20.2 Å². The van der Waals surface area contributed by atoms with Gasteiger partial charge in [-0.3, -0.25) is 0 Å². The Hall–Kier alpha value is -1.61. The summed E-state index contributed by atoms with van der Waals surface area (Å²) in [5.41, 5.74) is 6.08. The molecule has 0 bridgehead atoms. The number of aromatic nitrogens is 1. The van der Waals surface area contributed by atoms with E-state index in [4.69, 9.17) is 11.6 Å². The SMILES string of the molecule is Cc1cc(CNc2cc(Cl)ccc2N(C)C)c(C)n1C. The molecule has 0 saturated heterocycles. The number of rotatable bonds is 4. The van der Waals surface area contributed by atoms with E-state index in [1.54, 1.807) is 0 Å². The molecule has 1 heterocycles. The minimum atomic E-state index is 0.749. The molecule has 0 aliphatic heterocycles. The molecule has 3 nitrogen and oxygen atoms in total. The van der Waals surface area contributed by atoms with Crippen molar-refractivity contribution >= 4 is 23.0 Å². The summed E-state index contributed by atoms with van der Waals surface area (Å²) in [5, 5.41) is 4.24. The maximum Gasteiger partial charge on any atom is 0.0597 e. The molecule has 0 aliphatic rings. The van der Waals surface area contributed by atoms with Crippen LogP contribution in [0.3, 0.4) is 0 Å². The van der Waals surface area contributed by atoms with Crippen molar-refractivity contribution < 1.29 is 0 Å². The fraction of sp³-hybridized carbons (Fsp3) is 0.375. The summed E-state index contributed by atoms with van der Waals surface area (Å²) >= 11 is 6.10. The minimum absolute atomic E-state index is 0.749. The largest absolute Gasteiger partial charge is 0.379 e. The molecule has 0 radical (unpaired) electrons. The maximum atomic E-state index is 6.10. The summed E-state index contributed by atoms with van der Waals surface area (Å²) in [7, 11) is 6.16. The van der Waals surface area contributed by atoms with Crippen LogP contribution in [-0.2, 0) is 13.6 Å². The average molecular weight is 292 g/mol. The quantitative estimate of drug-likeness (QED) is 0.920. The zero-order valence-electron chi connectivity index (χ0n) is 12.8. The van der Waals surface area contributed by atoms with Crippen molar-refractivity contribution in [2.75, 3.05) is 24.3 Å². The Morgan fingerprint density at radius 2 is 1.90 bits per heavy atom. The van der Waals surface area contributed by atoms with Gasteiger partial charge in [0.15, 0.2) is 0 Å². The molecule has 0 unspecified atom stereocenters. The normalized spacial score (nSPS) is 10.7. The van der Waals surface area contributed by atoms with E-state index in [1.807, 2.05) is 32.3 Å². The van der Waals surface area contributed by atoms with Gasteiger partial charge in [-0.25, -0.2) is 0 Å². The van der Waals surface area contributed by atoms with E-state index < -0.39 is 0 Å². The molecule has 2 aromatic rings. The van der Waals surface area contributed by atoms with Gasteiger partial charge < -0.3 is 14.8 Å². The molecule has 0 atom stereocenters. The van der Waals surface area contributed by atoms with Gasteiger partial charge in [-0.2, -0.15) is 0 Å². The van der Waals surface area contributed by atoms with Crippen molar-refractivity contribution in [2.24, 2.45) is 7.05 Å². The third-order valence-electron chi connectivity index (χ3n) is 3.79. The van der Waals surface area contributed by atoms with Crippen molar-refractivity contribution in [1.82, 2.24) is 4.57 Å². The molecule has 4 heteroatoms. The highest BCUT2D eigenvalue weighted by atomic mass is 35.5. The first-order valence-electron chi connectivity index (χ1n) is 6.72. The van der Waals surface area contributed by atoms with E-state index in [9.17, 15) is 0 Å². The van der Waals surface area contributed by atoms with Gasteiger partial charge in [0.2, 0.25) is 0 Å². The standard InChI is InChI=1S/C16H22ClN3/c1-11-8-13(12(2)20(11)5)10-18-15-9-14(17)6-7-16(15)19(3)4/h6-9,18H,10H2,1-5H3. The molecule has 1 N–H and O–H groups in total. The van der Waals surface area contributed by atoms with Crippen LogP contribution in [0.15, 0.2) is 24.3 Å². The number of aryl methyl sites for hydroxylation is 1. The van der Waals surface area contributed by atoms with Crippen LogP contribution in [0.1, 0.15) is 17.0 Å². The van der Waals surface area contributed by atoms with Gasteiger partial charge in [0, 0.05) is 44.1 Å². The summed E-state index contributed by atoms with van der Waals surface area (Å²) in [5.74, 6) is 0. The fourth-order valence-electron chi connectivity index (χ4n) is 2.34. The Balaban J connectivity index is 2.22. The molecule has 0 aliphatic carbocycles. The summed E-state index contributed by atoms with van der Waals surface area (Å²) in [4.78, 5) is 2.09. The number of halogens is 1. The second-order valence-electron chi connectivity index (χ2n) is 5.36. The van der Waals surface area contributed by atoms with E-state index in [1.165, 1.54) is 17.0 Å². The molecule has 108 valence electrons. The van der Waals surface area contributed by atoms with E-state index in [2.05, 4.69) is 41.7 Å². The summed E-state index contributed by atoms with van der Waals surface area (Å²) < 4.78 is 2.21.